The van der Waals surface area contributed by atoms with Gasteiger partial charge in [-0.25, -0.2) is 0 Å². The first-order valence-electron chi connectivity index (χ1n) is 8.30. The summed E-state index contributed by atoms with van der Waals surface area (Å²) in [4.78, 5) is 15.9. The highest BCUT2D eigenvalue weighted by molar-refractivity contribution is 7.17. The van der Waals surface area contributed by atoms with Crippen molar-refractivity contribution in [2.24, 2.45) is 11.8 Å². The van der Waals surface area contributed by atoms with E-state index in [9.17, 15) is 4.79 Å². The molecule has 2 aliphatic rings. The number of carboxylic acid groups (broad SMARTS) is 1. The van der Waals surface area contributed by atoms with Crippen LogP contribution in [0, 0.1) is 18.8 Å². The molecule has 4 rings (SSSR count). The molecule has 1 unspecified atom stereocenters. The fourth-order valence-electron chi connectivity index (χ4n) is 3.62. The molecule has 1 aliphatic heterocycles. The number of rotatable bonds is 4. The number of hydrogen-bond donors (Lipinski definition) is 1. The second-order valence-electron chi connectivity index (χ2n) is 6.85. The highest BCUT2D eigenvalue weighted by atomic mass is 32.1. The van der Waals surface area contributed by atoms with E-state index >= 15 is 0 Å². The van der Waals surface area contributed by atoms with Gasteiger partial charge in [0.05, 0.1) is 11.6 Å². The van der Waals surface area contributed by atoms with Gasteiger partial charge in [-0.3, -0.25) is 9.69 Å². The minimum atomic E-state index is -0.617. The largest absolute Gasteiger partial charge is 0.481 e. The maximum absolute atomic E-state index is 10.9. The number of nitrogens with zero attached hydrogens (tertiary/aromatic N) is 2. The average molecular weight is 330 g/mol. The van der Waals surface area contributed by atoms with Crippen molar-refractivity contribution in [3.63, 3.8) is 0 Å². The van der Waals surface area contributed by atoms with Crippen LogP contribution < -0.4 is 4.90 Å². The SMILES string of the molecule is Cc1ccc2c(N3CCN(CC4C[C@@H]4C(=O)O)CC3)csc2c1. The Balaban J connectivity index is 1.38. The molecule has 23 heavy (non-hydrogen) atoms. The first-order chi connectivity index (χ1) is 11.1. The van der Waals surface area contributed by atoms with E-state index in [1.807, 2.05) is 11.3 Å². The zero-order valence-corrected chi connectivity index (χ0v) is 14.2. The van der Waals surface area contributed by atoms with Gasteiger partial charge in [0.2, 0.25) is 0 Å². The number of carbonyl (C=O) groups is 1. The van der Waals surface area contributed by atoms with Gasteiger partial charge in [0.1, 0.15) is 0 Å². The summed E-state index contributed by atoms with van der Waals surface area (Å²) in [6, 6.07) is 6.69. The van der Waals surface area contributed by atoms with Gasteiger partial charge in [-0.05, 0) is 30.9 Å². The van der Waals surface area contributed by atoms with Crippen LogP contribution in [0.4, 0.5) is 5.69 Å². The van der Waals surface area contributed by atoms with Crippen molar-refractivity contribution < 1.29 is 9.90 Å². The maximum Gasteiger partial charge on any atom is 0.306 e. The standard InChI is InChI=1S/C18H22N2O2S/c1-12-2-3-14-16(11-23-17(14)8-12)20-6-4-19(5-7-20)10-13-9-15(13)18(21)22/h2-3,8,11,13,15H,4-7,9-10H2,1H3,(H,21,22)/t13?,15-/m0/s1. The molecule has 5 heteroatoms. The van der Waals surface area contributed by atoms with Crippen molar-refractivity contribution in [3.05, 3.63) is 29.1 Å². The molecule has 0 spiro atoms. The maximum atomic E-state index is 10.9. The quantitative estimate of drug-likeness (QED) is 0.936. The highest BCUT2D eigenvalue weighted by Gasteiger charge is 2.44. The van der Waals surface area contributed by atoms with E-state index < -0.39 is 5.97 Å². The zero-order chi connectivity index (χ0) is 16.0. The molecular weight excluding hydrogens is 308 g/mol. The summed E-state index contributed by atoms with van der Waals surface area (Å²) in [6.45, 7) is 7.22. The Morgan fingerprint density at radius 2 is 2.09 bits per heavy atom. The molecule has 0 bridgehead atoms. The molecule has 2 atom stereocenters. The van der Waals surface area contributed by atoms with E-state index in [0.717, 1.165) is 39.1 Å². The lowest BCUT2D eigenvalue weighted by molar-refractivity contribution is -0.138. The second kappa shape index (κ2) is 5.80. The van der Waals surface area contributed by atoms with Crippen molar-refractivity contribution in [3.8, 4) is 0 Å². The lowest BCUT2D eigenvalue weighted by Gasteiger charge is -2.36. The highest BCUT2D eigenvalue weighted by Crippen LogP contribution is 2.39. The third kappa shape index (κ3) is 2.95. The van der Waals surface area contributed by atoms with Crippen LogP contribution in [-0.2, 0) is 4.79 Å². The Kier molecular flexibility index (Phi) is 3.77. The van der Waals surface area contributed by atoms with Crippen molar-refractivity contribution in [1.29, 1.82) is 0 Å². The number of aryl methyl sites for hydroxylation is 1. The van der Waals surface area contributed by atoms with Gasteiger partial charge < -0.3 is 10.0 Å². The Hall–Kier alpha value is -1.59. The number of benzene rings is 1. The zero-order valence-electron chi connectivity index (χ0n) is 13.4. The van der Waals surface area contributed by atoms with Gasteiger partial charge in [-0.1, -0.05) is 12.1 Å². The molecule has 2 heterocycles. The average Bonchev–Trinajstić information content (AvgIpc) is 3.18. The summed E-state index contributed by atoms with van der Waals surface area (Å²) in [6.07, 6.45) is 0.865. The Labute approximate surface area is 140 Å². The van der Waals surface area contributed by atoms with Crippen molar-refractivity contribution in [2.75, 3.05) is 37.6 Å². The Morgan fingerprint density at radius 1 is 1.30 bits per heavy atom. The smallest absolute Gasteiger partial charge is 0.306 e. The molecule has 1 saturated heterocycles. The van der Waals surface area contributed by atoms with E-state index in [1.165, 1.54) is 21.3 Å². The molecule has 1 aromatic heterocycles. The molecule has 2 aromatic rings. The summed E-state index contributed by atoms with van der Waals surface area (Å²) in [5, 5.41) is 12.7. The number of piperazine rings is 1. The topological polar surface area (TPSA) is 43.8 Å². The third-order valence-corrected chi connectivity index (χ3v) is 6.09. The lowest BCUT2D eigenvalue weighted by Crippen LogP contribution is -2.47. The van der Waals surface area contributed by atoms with Crippen LogP contribution in [0.25, 0.3) is 10.1 Å². The predicted octanol–water partition coefficient (Wildman–Crippen LogP) is 3.05. The molecule has 1 saturated carbocycles. The molecule has 4 nitrogen and oxygen atoms in total. The molecule has 0 radical (unpaired) electrons. The molecule has 0 amide bonds. The number of carboxylic acids is 1. The van der Waals surface area contributed by atoms with Gasteiger partial charge in [-0.15, -0.1) is 11.3 Å². The number of aliphatic carboxylic acids is 1. The van der Waals surface area contributed by atoms with Crippen LogP contribution in [0.2, 0.25) is 0 Å². The number of thiophene rings is 1. The minimum absolute atomic E-state index is 0.0860. The van der Waals surface area contributed by atoms with Gasteiger partial charge in [0.25, 0.3) is 0 Å². The summed E-state index contributed by atoms with van der Waals surface area (Å²) in [5.41, 5.74) is 2.67. The van der Waals surface area contributed by atoms with Gasteiger partial charge in [0.15, 0.2) is 0 Å². The summed E-state index contributed by atoms with van der Waals surface area (Å²) in [7, 11) is 0. The normalized spacial score (nSPS) is 25.0. The van der Waals surface area contributed by atoms with Crippen LogP contribution in [-0.4, -0.2) is 48.7 Å². The Bertz CT molecular complexity index is 734. The van der Waals surface area contributed by atoms with E-state index in [0.29, 0.717) is 5.92 Å². The first-order valence-corrected chi connectivity index (χ1v) is 9.18. The number of fused-ring (bicyclic) bond motifs is 1. The third-order valence-electron chi connectivity index (χ3n) is 5.16. The molecule has 1 N–H and O–H groups in total. The lowest BCUT2D eigenvalue weighted by atomic mass is 10.1. The molecule has 1 aliphatic carbocycles. The van der Waals surface area contributed by atoms with Crippen molar-refractivity contribution >= 4 is 33.1 Å². The predicted molar refractivity (Wildman–Crippen MR) is 94.4 cm³/mol. The van der Waals surface area contributed by atoms with Crippen molar-refractivity contribution in [2.45, 2.75) is 13.3 Å². The van der Waals surface area contributed by atoms with Crippen LogP contribution in [0.15, 0.2) is 23.6 Å². The number of anilines is 1. The second-order valence-corrected chi connectivity index (χ2v) is 7.76. The van der Waals surface area contributed by atoms with Crippen LogP contribution >= 0.6 is 11.3 Å². The van der Waals surface area contributed by atoms with Crippen LogP contribution in [0.3, 0.4) is 0 Å². The van der Waals surface area contributed by atoms with Gasteiger partial charge in [-0.2, -0.15) is 0 Å². The van der Waals surface area contributed by atoms with Crippen molar-refractivity contribution in [1.82, 2.24) is 4.90 Å². The van der Waals surface area contributed by atoms with E-state index in [1.54, 1.807) is 0 Å². The summed E-state index contributed by atoms with van der Waals surface area (Å²) in [5.74, 6) is -0.324. The fourth-order valence-corrected chi connectivity index (χ4v) is 4.69. The van der Waals surface area contributed by atoms with Gasteiger partial charge in [0, 0.05) is 48.2 Å². The number of hydrogen-bond acceptors (Lipinski definition) is 4. The molecule has 1 aromatic carbocycles. The van der Waals surface area contributed by atoms with Gasteiger partial charge >= 0.3 is 5.97 Å². The fraction of sp³-hybridized carbons (Fsp3) is 0.500. The molecule has 122 valence electrons. The molecule has 2 fully saturated rings. The summed E-state index contributed by atoms with van der Waals surface area (Å²) < 4.78 is 1.37. The van der Waals surface area contributed by atoms with E-state index in [2.05, 4.69) is 40.3 Å². The Morgan fingerprint density at radius 3 is 2.78 bits per heavy atom. The van der Waals surface area contributed by atoms with E-state index in [4.69, 9.17) is 5.11 Å². The monoisotopic (exact) mass is 330 g/mol. The summed E-state index contributed by atoms with van der Waals surface area (Å²) >= 11 is 1.83. The first kappa shape index (κ1) is 15.0. The van der Waals surface area contributed by atoms with E-state index in [-0.39, 0.29) is 5.92 Å². The minimum Gasteiger partial charge on any atom is -0.481 e. The van der Waals surface area contributed by atoms with Crippen LogP contribution in [0.1, 0.15) is 12.0 Å². The molecular formula is C18H22N2O2S. The van der Waals surface area contributed by atoms with Crippen LogP contribution in [0.5, 0.6) is 0 Å².